The van der Waals surface area contributed by atoms with Crippen LogP contribution in [-0.4, -0.2) is 23.1 Å². The Morgan fingerprint density at radius 3 is 2.17 bits per heavy atom. The summed E-state index contributed by atoms with van der Waals surface area (Å²) in [5.41, 5.74) is 1.48. The molecular weight excluding hydrogens is 414 g/mol. The fourth-order valence-corrected chi connectivity index (χ4v) is 3.89. The molecule has 0 saturated heterocycles. The quantitative estimate of drug-likeness (QED) is 0.553. The van der Waals surface area contributed by atoms with E-state index in [4.69, 9.17) is 9.56 Å². The Morgan fingerprint density at radius 2 is 1.55 bits per heavy atom. The van der Waals surface area contributed by atoms with Crippen molar-refractivity contribution in [3.63, 3.8) is 0 Å². The molecular formula is C19H19N3O5S2. The van der Waals surface area contributed by atoms with Crippen LogP contribution >= 0.6 is 0 Å². The summed E-state index contributed by atoms with van der Waals surface area (Å²) >= 11 is 0. The van der Waals surface area contributed by atoms with E-state index in [0.717, 1.165) is 5.56 Å². The van der Waals surface area contributed by atoms with Crippen molar-refractivity contribution in [1.82, 2.24) is 4.72 Å². The highest BCUT2D eigenvalue weighted by atomic mass is 32.2. The second kappa shape index (κ2) is 8.29. The molecule has 1 heterocycles. The molecule has 0 fully saturated rings. The number of aliphatic imine (C=N–C) groups is 1. The molecule has 29 heavy (non-hydrogen) atoms. The van der Waals surface area contributed by atoms with Gasteiger partial charge in [0.1, 0.15) is 11.5 Å². The van der Waals surface area contributed by atoms with E-state index >= 15 is 0 Å². The van der Waals surface area contributed by atoms with Gasteiger partial charge >= 0.3 is 0 Å². The SMILES string of the molecule is Cc1ccc(S(=O)(=O)NCc2ccc(C=Nc3ccc(S(N)(=O)=O)cc3)o2)cc1. The van der Waals surface area contributed by atoms with Crippen LogP contribution in [0, 0.1) is 6.92 Å². The zero-order chi connectivity index (χ0) is 21.1. The lowest BCUT2D eigenvalue weighted by atomic mass is 10.2. The molecule has 3 aromatic rings. The zero-order valence-electron chi connectivity index (χ0n) is 15.4. The van der Waals surface area contributed by atoms with E-state index < -0.39 is 20.0 Å². The maximum absolute atomic E-state index is 12.3. The van der Waals surface area contributed by atoms with Crippen LogP contribution in [-0.2, 0) is 26.6 Å². The molecule has 2 aromatic carbocycles. The number of benzene rings is 2. The maximum atomic E-state index is 12.3. The van der Waals surface area contributed by atoms with Gasteiger partial charge in [-0.05, 0) is 55.5 Å². The molecule has 0 atom stereocenters. The number of aryl methyl sites for hydroxylation is 1. The molecule has 0 aliphatic carbocycles. The lowest BCUT2D eigenvalue weighted by molar-refractivity contribution is 0.494. The number of rotatable bonds is 7. The Hall–Kier alpha value is -2.79. The fraction of sp³-hybridized carbons (Fsp3) is 0.105. The fourth-order valence-electron chi connectivity index (χ4n) is 2.39. The van der Waals surface area contributed by atoms with Crippen LogP contribution in [0.5, 0.6) is 0 Å². The minimum atomic E-state index is -3.75. The molecule has 0 bridgehead atoms. The summed E-state index contributed by atoms with van der Waals surface area (Å²) in [7, 11) is -7.39. The standard InChI is InChI=1S/C19H19N3O5S2/c1-14-2-8-19(9-3-14)29(25,26)22-13-17-7-6-16(27-17)12-21-15-4-10-18(11-5-15)28(20,23)24/h2-12,22H,13H2,1H3,(H2,20,23,24). The number of nitrogens with zero attached hydrogens (tertiary/aromatic N) is 1. The van der Waals surface area contributed by atoms with Gasteiger partial charge in [0.25, 0.3) is 0 Å². The molecule has 0 aliphatic rings. The van der Waals surface area contributed by atoms with E-state index in [-0.39, 0.29) is 16.3 Å². The van der Waals surface area contributed by atoms with Gasteiger partial charge in [0, 0.05) is 0 Å². The van der Waals surface area contributed by atoms with Crippen molar-refractivity contribution in [2.75, 3.05) is 0 Å². The Balaban J connectivity index is 1.63. The van der Waals surface area contributed by atoms with Crippen LogP contribution in [0.3, 0.4) is 0 Å². The molecule has 0 saturated carbocycles. The minimum Gasteiger partial charge on any atom is -0.459 e. The first-order chi connectivity index (χ1) is 13.6. The number of hydrogen-bond acceptors (Lipinski definition) is 6. The van der Waals surface area contributed by atoms with Crippen LogP contribution in [0.1, 0.15) is 17.1 Å². The topological polar surface area (TPSA) is 132 Å². The lowest BCUT2D eigenvalue weighted by Crippen LogP contribution is -2.22. The summed E-state index contributed by atoms with van der Waals surface area (Å²) in [6.07, 6.45) is 1.45. The van der Waals surface area contributed by atoms with E-state index in [9.17, 15) is 16.8 Å². The molecule has 0 radical (unpaired) electrons. The highest BCUT2D eigenvalue weighted by Gasteiger charge is 2.14. The molecule has 152 valence electrons. The van der Waals surface area contributed by atoms with Crippen molar-refractivity contribution in [3.8, 4) is 0 Å². The number of furan rings is 1. The predicted octanol–water partition coefficient (Wildman–Crippen LogP) is 2.46. The summed E-state index contributed by atoms with van der Waals surface area (Å²) in [6.45, 7) is 1.87. The average Bonchev–Trinajstić information content (AvgIpc) is 3.13. The normalized spacial score (nSPS) is 12.5. The van der Waals surface area contributed by atoms with E-state index in [1.807, 2.05) is 6.92 Å². The van der Waals surface area contributed by atoms with Gasteiger partial charge in [0.05, 0.1) is 28.2 Å². The van der Waals surface area contributed by atoms with Gasteiger partial charge in [-0.1, -0.05) is 17.7 Å². The van der Waals surface area contributed by atoms with Crippen LogP contribution in [0.2, 0.25) is 0 Å². The summed E-state index contributed by atoms with van der Waals surface area (Å²) < 4.78 is 55.1. The third-order valence-electron chi connectivity index (χ3n) is 3.96. The van der Waals surface area contributed by atoms with Crippen molar-refractivity contribution >= 4 is 31.9 Å². The highest BCUT2D eigenvalue weighted by molar-refractivity contribution is 7.89. The summed E-state index contributed by atoms with van der Waals surface area (Å²) in [5.74, 6) is 0.844. The molecule has 0 aliphatic heterocycles. The molecule has 0 spiro atoms. The first kappa shape index (κ1) is 20.9. The number of nitrogens with one attached hydrogen (secondary N) is 1. The monoisotopic (exact) mass is 433 g/mol. The van der Waals surface area contributed by atoms with Crippen molar-refractivity contribution in [1.29, 1.82) is 0 Å². The van der Waals surface area contributed by atoms with E-state index in [1.165, 1.54) is 30.5 Å². The zero-order valence-corrected chi connectivity index (χ0v) is 17.1. The Kier molecular flexibility index (Phi) is 5.99. The van der Waals surface area contributed by atoms with Crippen LogP contribution in [0.15, 0.2) is 79.9 Å². The van der Waals surface area contributed by atoms with Crippen molar-refractivity contribution in [3.05, 3.63) is 77.7 Å². The van der Waals surface area contributed by atoms with Crippen molar-refractivity contribution in [2.24, 2.45) is 10.1 Å². The molecule has 0 amide bonds. The molecule has 8 nitrogen and oxygen atoms in total. The molecule has 0 unspecified atom stereocenters. The van der Waals surface area contributed by atoms with Gasteiger partial charge in [-0.15, -0.1) is 0 Å². The molecule has 3 N–H and O–H groups in total. The highest BCUT2D eigenvalue weighted by Crippen LogP contribution is 2.16. The molecule has 1 aromatic heterocycles. The predicted molar refractivity (Wildman–Crippen MR) is 109 cm³/mol. The Labute approximate surface area is 169 Å². The number of hydrogen-bond donors (Lipinski definition) is 2. The summed E-state index contributed by atoms with van der Waals surface area (Å²) in [5, 5.41) is 5.05. The van der Waals surface area contributed by atoms with Crippen LogP contribution < -0.4 is 9.86 Å². The van der Waals surface area contributed by atoms with Gasteiger partial charge in [-0.2, -0.15) is 0 Å². The Morgan fingerprint density at radius 1 is 0.931 bits per heavy atom. The molecule has 3 rings (SSSR count). The number of sulfonamides is 2. The van der Waals surface area contributed by atoms with Crippen molar-refractivity contribution in [2.45, 2.75) is 23.3 Å². The first-order valence-corrected chi connectivity index (χ1v) is 11.5. The average molecular weight is 434 g/mol. The van der Waals surface area contributed by atoms with Crippen LogP contribution in [0.4, 0.5) is 5.69 Å². The maximum Gasteiger partial charge on any atom is 0.240 e. The van der Waals surface area contributed by atoms with Gasteiger partial charge in [0.15, 0.2) is 0 Å². The van der Waals surface area contributed by atoms with Crippen molar-refractivity contribution < 1.29 is 21.3 Å². The van der Waals surface area contributed by atoms with E-state index in [1.54, 1.807) is 36.4 Å². The van der Waals surface area contributed by atoms with Crippen LogP contribution in [0.25, 0.3) is 0 Å². The first-order valence-electron chi connectivity index (χ1n) is 8.45. The third kappa shape index (κ3) is 5.61. The third-order valence-corrected chi connectivity index (χ3v) is 6.30. The second-order valence-electron chi connectivity index (χ2n) is 6.24. The summed E-state index contributed by atoms with van der Waals surface area (Å²) in [6, 6.07) is 15.6. The Bertz CT molecular complexity index is 1230. The van der Waals surface area contributed by atoms with E-state index in [0.29, 0.717) is 17.2 Å². The second-order valence-corrected chi connectivity index (χ2v) is 9.57. The van der Waals surface area contributed by atoms with Gasteiger partial charge in [0.2, 0.25) is 20.0 Å². The largest absolute Gasteiger partial charge is 0.459 e. The van der Waals surface area contributed by atoms with E-state index in [2.05, 4.69) is 9.71 Å². The lowest BCUT2D eigenvalue weighted by Gasteiger charge is -2.05. The number of primary sulfonamides is 1. The van der Waals surface area contributed by atoms with Gasteiger partial charge in [-0.3, -0.25) is 4.99 Å². The minimum absolute atomic E-state index is 0.00223. The smallest absolute Gasteiger partial charge is 0.240 e. The summed E-state index contributed by atoms with van der Waals surface area (Å²) in [4.78, 5) is 4.36. The molecule has 10 heteroatoms. The van der Waals surface area contributed by atoms with Gasteiger partial charge in [-0.25, -0.2) is 26.7 Å². The number of nitrogens with two attached hydrogens (primary N) is 1. The van der Waals surface area contributed by atoms with Gasteiger partial charge < -0.3 is 4.42 Å².